The predicted molar refractivity (Wildman–Crippen MR) is 81.3 cm³/mol. The molecule has 3 heteroatoms. The number of hydrogen-bond donors (Lipinski definition) is 1. The SMILES string of the molecule is CCNc1c(C)c(CC)nc2c(C)cc(OC)cc12. The fourth-order valence-electron chi connectivity index (χ4n) is 2.52. The summed E-state index contributed by atoms with van der Waals surface area (Å²) >= 11 is 0. The molecule has 0 saturated carbocycles. The first-order chi connectivity index (χ1) is 9.12. The number of rotatable bonds is 4. The molecule has 102 valence electrons. The average Bonchev–Trinajstić information content (AvgIpc) is 2.41. The zero-order chi connectivity index (χ0) is 14.0. The Balaban J connectivity index is 2.83. The summed E-state index contributed by atoms with van der Waals surface area (Å²) in [6, 6.07) is 4.11. The summed E-state index contributed by atoms with van der Waals surface area (Å²) in [5.74, 6) is 0.884. The van der Waals surface area contributed by atoms with Gasteiger partial charge in [0.1, 0.15) is 5.75 Å². The second kappa shape index (κ2) is 5.47. The number of nitrogens with zero attached hydrogens (tertiary/aromatic N) is 1. The molecule has 1 aromatic heterocycles. The molecule has 2 aromatic rings. The highest BCUT2D eigenvalue weighted by Crippen LogP contribution is 2.33. The van der Waals surface area contributed by atoms with Crippen molar-refractivity contribution in [2.45, 2.75) is 34.1 Å². The number of anilines is 1. The van der Waals surface area contributed by atoms with Gasteiger partial charge in [0.05, 0.1) is 12.6 Å². The van der Waals surface area contributed by atoms with Gasteiger partial charge >= 0.3 is 0 Å². The van der Waals surface area contributed by atoms with Gasteiger partial charge in [-0.25, -0.2) is 0 Å². The molecule has 0 bridgehead atoms. The van der Waals surface area contributed by atoms with Gasteiger partial charge in [0.15, 0.2) is 0 Å². The first-order valence-corrected chi connectivity index (χ1v) is 6.84. The number of nitrogens with one attached hydrogen (secondary N) is 1. The Morgan fingerprint density at radius 1 is 1.21 bits per heavy atom. The van der Waals surface area contributed by atoms with Gasteiger partial charge in [-0.3, -0.25) is 4.98 Å². The molecule has 3 nitrogen and oxygen atoms in total. The van der Waals surface area contributed by atoms with E-state index in [0.29, 0.717) is 0 Å². The molecule has 0 aliphatic heterocycles. The molecule has 1 N–H and O–H groups in total. The van der Waals surface area contributed by atoms with Gasteiger partial charge < -0.3 is 10.1 Å². The molecule has 0 saturated heterocycles. The zero-order valence-electron chi connectivity index (χ0n) is 12.4. The second-order valence-electron chi connectivity index (χ2n) is 4.78. The van der Waals surface area contributed by atoms with Gasteiger partial charge in [-0.2, -0.15) is 0 Å². The highest BCUT2D eigenvalue weighted by molar-refractivity contribution is 5.96. The van der Waals surface area contributed by atoms with Gasteiger partial charge in [0.2, 0.25) is 0 Å². The standard InChI is InChI=1S/C16H22N2O/c1-6-14-11(4)16(17-7-2)13-9-12(19-5)8-10(3)15(13)18-14/h8-9H,6-7H2,1-5H3,(H,17,18). The minimum atomic E-state index is 0.884. The first-order valence-electron chi connectivity index (χ1n) is 6.84. The summed E-state index contributed by atoms with van der Waals surface area (Å²) in [6.45, 7) is 9.39. The van der Waals surface area contributed by atoms with Crippen LogP contribution in [0, 0.1) is 13.8 Å². The van der Waals surface area contributed by atoms with E-state index in [9.17, 15) is 0 Å². The quantitative estimate of drug-likeness (QED) is 0.904. The van der Waals surface area contributed by atoms with Crippen LogP contribution in [0.2, 0.25) is 0 Å². The lowest BCUT2D eigenvalue weighted by molar-refractivity contribution is 0.415. The Morgan fingerprint density at radius 2 is 1.95 bits per heavy atom. The van der Waals surface area contributed by atoms with Crippen molar-refractivity contribution in [1.29, 1.82) is 0 Å². The minimum absolute atomic E-state index is 0.884. The van der Waals surface area contributed by atoms with Crippen LogP contribution in [0.3, 0.4) is 0 Å². The molecular weight excluding hydrogens is 236 g/mol. The van der Waals surface area contributed by atoms with Crippen LogP contribution in [-0.2, 0) is 6.42 Å². The van der Waals surface area contributed by atoms with Gasteiger partial charge in [0, 0.05) is 23.3 Å². The van der Waals surface area contributed by atoms with Crippen LogP contribution in [0.25, 0.3) is 10.9 Å². The molecule has 0 atom stereocenters. The fourth-order valence-corrected chi connectivity index (χ4v) is 2.52. The number of fused-ring (bicyclic) bond motifs is 1. The third kappa shape index (κ3) is 2.37. The van der Waals surface area contributed by atoms with Crippen LogP contribution in [0.4, 0.5) is 5.69 Å². The van der Waals surface area contributed by atoms with E-state index in [0.717, 1.165) is 40.9 Å². The Kier molecular flexibility index (Phi) is 3.93. The molecule has 0 aliphatic carbocycles. The highest BCUT2D eigenvalue weighted by Gasteiger charge is 2.13. The summed E-state index contributed by atoms with van der Waals surface area (Å²) in [7, 11) is 1.70. The number of methoxy groups -OCH3 is 1. The molecule has 0 unspecified atom stereocenters. The van der Waals surface area contributed by atoms with Crippen LogP contribution < -0.4 is 10.1 Å². The molecule has 0 amide bonds. The maximum atomic E-state index is 5.38. The monoisotopic (exact) mass is 258 g/mol. The van der Waals surface area contributed by atoms with Crippen LogP contribution in [0.5, 0.6) is 5.75 Å². The van der Waals surface area contributed by atoms with E-state index in [2.05, 4.69) is 39.1 Å². The summed E-state index contributed by atoms with van der Waals surface area (Å²) in [5, 5.41) is 4.62. The summed E-state index contributed by atoms with van der Waals surface area (Å²) in [6.07, 6.45) is 0.950. The number of benzene rings is 1. The van der Waals surface area contributed by atoms with Crippen LogP contribution in [-0.4, -0.2) is 18.6 Å². The Hall–Kier alpha value is -1.77. The van der Waals surface area contributed by atoms with Crippen molar-refractivity contribution in [2.24, 2.45) is 0 Å². The zero-order valence-corrected chi connectivity index (χ0v) is 12.4. The molecule has 0 spiro atoms. The van der Waals surface area contributed by atoms with Crippen molar-refractivity contribution in [2.75, 3.05) is 19.0 Å². The Morgan fingerprint density at radius 3 is 2.53 bits per heavy atom. The van der Waals surface area contributed by atoms with Crippen LogP contribution >= 0.6 is 0 Å². The van der Waals surface area contributed by atoms with Gasteiger partial charge in [0.25, 0.3) is 0 Å². The third-order valence-electron chi connectivity index (χ3n) is 3.52. The predicted octanol–water partition coefficient (Wildman–Crippen LogP) is 3.85. The molecule has 0 radical (unpaired) electrons. The lowest BCUT2D eigenvalue weighted by Crippen LogP contribution is -2.05. The minimum Gasteiger partial charge on any atom is -0.497 e. The maximum absolute atomic E-state index is 5.38. The van der Waals surface area contributed by atoms with Gasteiger partial charge in [-0.05, 0) is 50.5 Å². The first kappa shape index (κ1) is 13.7. The van der Waals surface area contributed by atoms with Crippen molar-refractivity contribution in [3.63, 3.8) is 0 Å². The molecule has 0 aliphatic rings. The van der Waals surface area contributed by atoms with Gasteiger partial charge in [-0.15, -0.1) is 0 Å². The second-order valence-corrected chi connectivity index (χ2v) is 4.78. The molecule has 1 aromatic carbocycles. The molecule has 0 fully saturated rings. The summed E-state index contributed by atoms with van der Waals surface area (Å²) in [4.78, 5) is 4.82. The highest BCUT2D eigenvalue weighted by atomic mass is 16.5. The molecule has 19 heavy (non-hydrogen) atoms. The van der Waals surface area contributed by atoms with Crippen LogP contribution in [0.1, 0.15) is 30.7 Å². The number of aromatic nitrogens is 1. The lowest BCUT2D eigenvalue weighted by Gasteiger charge is -2.16. The van der Waals surface area contributed by atoms with Crippen molar-refractivity contribution >= 4 is 16.6 Å². The number of pyridine rings is 1. The van der Waals surface area contributed by atoms with E-state index in [1.54, 1.807) is 7.11 Å². The Bertz CT molecular complexity index is 605. The number of aryl methyl sites for hydroxylation is 2. The van der Waals surface area contributed by atoms with E-state index >= 15 is 0 Å². The lowest BCUT2D eigenvalue weighted by atomic mass is 10.0. The normalized spacial score (nSPS) is 10.8. The molecular formula is C16H22N2O. The third-order valence-corrected chi connectivity index (χ3v) is 3.52. The number of hydrogen-bond acceptors (Lipinski definition) is 3. The largest absolute Gasteiger partial charge is 0.497 e. The van der Waals surface area contributed by atoms with Crippen LogP contribution in [0.15, 0.2) is 12.1 Å². The van der Waals surface area contributed by atoms with Crippen molar-refractivity contribution in [1.82, 2.24) is 4.98 Å². The van der Waals surface area contributed by atoms with Crippen molar-refractivity contribution in [3.8, 4) is 5.75 Å². The summed E-state index contributed by atoms with van der Waals surface area (Å²) in [5.41, 5.74) is 5.81. The van der Waals surface area contributed by atoms with E-state index in [1.165, 1.54) is 11.3 Å². The topological polar surface area (TPSA) is 34.2 Å². The van der Waals surface area contributed by atoms with E-state index in [1.807, 2.05) is 6.07 Å². The van der Waals surface area contributed by atoms with E-state index < -0.39 is 0 Å². The Labute approximate surface area is 115 Å². The summed E-state index contributed by atoms with van der Waals surface area (Å²) < 4.78 is 5.38. The average molecular weight is 258 g/mol. The fraction of sp³-hybridized carbons (Fsp3) is 0.438. The molecule has 1 heterocycles. The van der Waals surface area contributed by atoms with E-state index in [-0.39, 0.29) is 0 Å². The van der Waals surface area contributed by atoms with E-state index in [4.69, 9.17) is 9.72 Å². The maximum Gasteiger partial charge on any atom is 0.119 e. The van der Waals surface area contributed by atoms with Crippen molar-refractivity contribution < 1.29 is 4.74 Å². The molecule has 2 rings (SSSR count). The number of ether oxygens (including phenoxy) is 1. The van der Waals surface area contributed by atoms with Crippen molar-refractivity contribution in [3.05, 3.63) is 29.0 Å². The van der Waals surface area contributed by atoms with Gasteiger partial charge in [-0.1, -0.05) is 6.92 Å². The smallest absolute Gasteiger partial charge is 0.119 e.